The fourth-order valence-corrected chi connectivity index (χ4v) is 7.31. The zero-order valence-electron chi connectivity index (χ0n) is 28.0. The first-order chi connectivity index (χ1) is 22.7. The number of unbranched alkanes of at least 4 members (excludes halogenated alkanes) is 11. The number of benzene rings is 4. The average Bonchev–Trinajstić information content (AvgIpc) is 3.10. The summed E-state index contributed by atoms with van der Waals surface area (Å²) in [4.78, 5) is 15.5. The van der Waals surface area contributed by atoms with Crippen LogP contribution in [0.1, 0.15) is 108 Å². The Bertz CT molecular complexity index is 1390. The van der Waals surface area contributed by atoms with Gasteiger partial charge in [0.15, 0.2) is 0 Å². The number of carbonyl (C=O) groups excluding carboxylic acids is 1. The molecular formula is C42H52O2S2. The van der Waals surface area contributed by atoms with Gasteiger partial charge in [-0.25, -0.2) is 4.79 Å². The summed E-state index contributed by atoms with van der Waals surface area (Å²) >= 11 is 3.87. The lowest BCUT2D eigenvalue weighted by Gasteiger charge is -2.08. The van der Waals surface area contributed by atoms with Crippen molar-refractivity contribution in [2.45, 2.75) is 107 Å². The molecule has 0 amide bonds. The Morgan fingerprint density at radius 3 is 1.26 bits per heavy atom. The highest BCUT2D eigenvalue weighted by Crippen LogP contribution is 2.28. The molecule has 4 rings (SSSR count). The molecule has 0 bridgehead atoms. The van der Waals surface area contributed by atoms with E-state index in [1.165, 1.54) is 110 Å². The molecule has 0 N–H and O–H groups in total. The van der Waals surface area contributed by atoms with Crippen LogP contribution in [0.3, 0.4) is 0 Å². The Morgan fingerprint density at radius 2 is 0.804 bits per heavy atom. The zero-order valence-corrected chi connectivity index (χ0v) is 29.6. The van der Waals surface area contributed by atoms with E-state index >= 15 is 0 Å². The molecule has 0 aromatic heterocycles. The summed E-state index contributed by atoms with van der Waals surface area (Å²) in [5.74, 6) is 2.55. The molecule has 244 valence electrons. The first-order valence-corrected chi connectivity index (χ1v) is 19.5. The maximum absolute atomic E-state index is 12.8. The highest BCUT2D eigenvalue weighted by atomic mass is 32.2. The van der Waals surface area contributed by atoms with Gasteiger partial charge in [-0.2, -0.15) is 0 Å². The van der Waals surface area contributed by atoms with Crippen LogP contribution in [-0.2, 0) is 0 Å². The van der Waals surface area contributed by atoms with Crippen LogP contribution < -0.4 is 4.74 Å². The molecule has 0 unspecified atom stereocenters. The van der Waals surface area contributed by atoms with Gasteiger partial charge in [-0.3, -0.25) is 0 Å². The first-order valence-electron chi connectivity index (χ1n) is 17.5. The van der Waals surface area contributed by atoms with Gasteiger partial charge in [-0.05, 0) is 95.1 Å². The van der Waals surface area contributed by atoms with Crippen LogP contribution in [0.25, 0.3) is 22.3 Å². The Balaban J connectivity index is 1.17. The summed E-state index contributed by atoms with van der Waals surface area (Å²) < 4.78 is 5.69. The standard InChI is InChI=1S/C42H52O2S2/c1-3-5-7-8-9-10-11-12-13-15-33-46-41-30-24-37(25-31-41)35-20-26-39(27-21-35)44-42(43)38-18-16-34(17-19-38)36-22-28-40(29-23-36)45-32-14-6-4-2/h16-31H,3-15,32-33H2,1-2H3. The molecule has 0 aliphatic carbocycles. The van der Waals surface area contributed by atoms with Crippen molar-refractivity contribution in [3.05, 3.63) is 103 Å². The molecule has 4 aromatic carbocycles. The van der Waals surface area contributed by atoms with Gasteiger partial charge in [0.2, 0.25) is 0 Å². The molecule has 4 heteroatoms. The smallest absolute Gasteiger partial charge is 0.343 e. The van der Waals surface area contributed by atoms with E-state index in [4.69, 9.17) is 4.74 Å². The second-order valence-corrected chi connectivity index (χ2v) is 14.5. The maximum atomic E-state index is 12.8. The van der Waals surface area contributed by atoms with E-state index < -0.39 is 0 Å². The minimum absolute atomic E-state index is 0.345. The Hall–Kier alpha value is -2.95. The lowest BCUT2D eigenvalue weighted by molar-refractivity contribution is 0.0735. The van der Waals surface area contributed by atoms with E-state index in [2.05, 4.69) is 62.4 Å². The third kappa shape index (κ3) is 12.7. The summed E-state index contributed by atoms with van der Waals surface area (Å²) in [6.07, 6.45) is 17.6. The predicted octanol–water partition coefficient (Wildman–Crippen LogP) is 13.5. The minimum atomic E-state index is -0.345. The number of hydrogen-bond donors (Lipinski definition) is 0. The highest BCUT2D eigenvalue weighted by molar-refractivity contribution is 7.99. The quantitative estimate of drug-likeness (QED) is 0.0387. The van der Waals surface area contributed by atoms with Crippen molar-refractivity contribution in [2.75, 3.05) is 11.5 Å². The SMILES string of the molecule is CCCCCCCCCCCCSc1ccc(-c2ccc(OC(=O)c3ccc(-c4ccc(SCCCCC)cc4)cc3)cc2)cc1. The summed E-state index contributed by atoms with van der Waals surface area (Å²) in [6, 6.07) is 32.9. The van der Waals surface area contributed by atoms with Gasteiger partial charge in [0.1, 0.15) is 5.75 Å². The minimum Gasteiger partial charge on any atom is -0.423 e. The Morgan fingerprint density at radius 1 is 0.457 bits per heavy atom. The van der Waals surface area contributed by atoms with Gasteiger partial charge < -0.3 is 4.74 Å². The molecule has 0 aliphatic rings. The van der Waals surface area contributed by atoms with Gasteiger partial charge in [-0.15, -0.1) is 23.5 Å². The monoisotopic (exact) mass is 652 g/mol. The van der Waals surface area contributed by atoms with Gasteiger partial charge in [0, 0.05) is 9.79 Å². The molecule has 2 nitrogen and oxygen atoms in total. The number of thioether (sulfide) groups is 2. The van der Waals surface area contributed by atoms with Crippen LogP contribution >= 0.6 is 23.5 Å². The number of carbonyl (C=O) groups is 1. The van der Waals surface area contributed by atoms with E-state index in [-0.39, 0.29) is 5.97 Å². The lowest BCUT2D eigenvalue weighted by Crippen LogP contribution is -2.08. The molecule has 0 fully saturated rings. The summed E-state index contributed by atoms with van der Waals surface area (Å²) in [6.45, 7) is 4.52. The van der Waals surface area contributed by atoms with Crippen LogP contribution in [0.5, 0.6) is 5.75 Å². The zero-order chi connectivity index (χ0) is 32.2. The fraction of sp³-hybridized carbons (Fsp3) is 0.405. The molecule has 0 heterocycles. The summed E-state index contributed by atoms with van der Waals surface area (Å²) in [5.41, 5.74) is 5.06. The number of rotatable bonds is 21. The molecule has 4 aromatic rings. The van der Waals surface area contributed by atoms with Crippen LogP contribution in [0.15, 0.2) is 107 Å². The van der Waals surface area contributed by atoms with E-state index in [0.717, 1.165) is 16.7 Å². The van der Waals surface area contributed by atoms with Crippen molar-refractivity contribution < 1.29 is 9.53 Å². The molecular weight excluding hydrogens is 601 g/mol. The van der Waals surface area contributed by atoms with E-state index in [0.29, 0.717) is 11.3 Å². The molecule has 0 saturated carbocycles. The number of hydrogen-bond acceptors (Lipinski definition) is 4. The molecule has 0 saturated heterocycles. The summed E-state index contributed by atoms with van der Waals surface area (Å²) in [5, 5.41) is 0. The fourth-order valence-electron chi connectivity index (χ4n) is 5.49. The molecule has 0 aliphatic heterocycles. The number of ether oxygens (including phenoxy) is 1. The van der Waals surface area contributed by atoms with Gasteiger partial charge in [-0.1, -0.05) is 133 Å². The average molecular weight is 653 g/mol. The second kappa shape index (κ2) is 21.0. The van der Waals surface area contributed by atoms with Crippen molar-refractivity contribution in [1.29, 1.82) is 0 Å². The Labute approximate surface area is 287 Å². The van der Waals surface area contributed by atoms with E-state index in [1.807, 2.05) is 72.1 Å². The van der Waals surface area contributed by atoms with Crippen LogP contribution in [0.2, 0.25) is 0 Å². The molecule has 0 radical (unpaired) electrons. The predicted molar refractivity (Wildman–Crippen MR) is 202 cm³/mol. The van der Waals surface area contributed by atoms with Crippen molar-refractivity contribution >= 4 is 29.5 Å². The van der Waals surface area contributed by atoms with Crippen LogP contribution in [0.4, 0.5) is 0 Å². The molecule has 0 spiro atoms. The largest absolute Gasteiger partial charge is 0.423 e. The second-order valence-electron chi connectivity index (χ2n) is 12.1. The van der Waals surface area contributed by atoms with Gasteiger partial charge in [0.25, 0.3) is 0 Å². The topological polar surface area (TPSA) is 26.3 Å². The summed E-state index contributed by atoms with van der Waals surface area (Å²) in [7, 11) is 0. The number of esters is 1. The molecule has 46 heavy (non-hydrogen) atoms. The third-order valence-corrected chi connectivity index (χ3v) is 10.5. The van der Waals surface area contributed by atoms with E-state index in [1.54, 1.807) is 0 Å². The van der Waals surface area contributed by atoms with Crippen molar-refractivity contribution in [3.8, 4) is 28.0 Å². The Kier molecular flexibility index (Phi) is 16.4. The van der Waals surface area contributed by atoms with Crippen molar-refractivity contribution in [1.82, 2.24) is 0 Å². The van der Waals surface area contributed by atoms with Gasteiger partial charge in [0.05, 0.1) is 5.56 Å². The van der Waals surface area contributed by atoms with Crippen molar-refractivity contribution in [3.63, 3.8) is 0 Å². The lowest BCUT2D eigenvalue weighted by atomic mass is 10.0. The first kappa shape index (κ1) is 35.9. The van der Waals surface area contributed by atoms with Crippen LogP contribution in [0, 0.1) is 0 Å². The van der Waals surface area contributed by atoms with Crippen molar-refractivity contribution in [2.24, 2.45) is 0 Å². The highest BCUT2D eigenvalue weighted by Gasteiger charge is 2.10. The third-order valence-electron chi connectivity index (χ3n) is 8.34. The van der Waals surface area contributed by atoms with E-state index in [9.17, 15) is 4.79 Å². The molecule has 0 atom stereocenters. The van der Waals surface area contributed by atoms with Gasteiger partial charge >= 0.3 is 5.97 Å². The maximum Gasteiger partial charge on any atom is 0.343 e. The van der Waals surface area contributed by atoms with Crippen LogP contribution in [-0.4, -0.2) is 17.5 Å². The normalized spacial score (nSPS) is 11.1.